The molecule has 0 saturated heterocycles. The maximum Gasteiger partial charge on any atom is 0.390 e. The molecule has 134 valence electrons. The molecule has 2 rings (SSSR count). The first-order valence-corrected chi connectivity index (χ1v) is 9.52. The molecule has 0 heterocycles. The van der Waals surface area contributed by atoms with Gasteiger partial charge in [-0.3, -0.25) is 10.1 Å². The fraction of sp³-hybridized carbons (Fsp3) is 0.200. The second-order valence-corrected chi connectivity index (χ2v) is 8.76. The summed E-state index contributed by atoms with van der Waals surface area (Å²) in [6.45, 7) is 1.80. The van der Waals surface area contributed by atoms with Crippen LogP contribution < -0.4 is 4.72 Å². The van der Waals surface area contributed by atoms with E-state index in [0.717, 1.165) is 5.56 Å². The summed E-state index contributed by atoms with van der Waals surface area (Å²) in [6.07, 6.45) is 0. The molecule has 1 atom stereocenters. The molecule has 25 heavy (non-hydrogen) atoms. The summed E-state index contributed by atoms with van der Waals surface area (Å²) >= 11 is 17.5. The molecule has 0 aromatic heterocycles. The van der Waals surface area contributed by atoms with Crippen LogP contribution in [-0.4, -0.2) is 17.8 Å². The Bertz CT molecular complexity index is 869. The lowest BCUT2D eigenvalue weighted by Crippen LogP contribution is -2.43. The van der Waals surface area contributed by atoms with Gasteiger partial charge in [-0.1, -0.05) is 41.4 Å². The number of aryl methyl sites for hydroxylation is 1. The number of sulfonamides is 1. The van der Waals surface area contributed by atoms with Crippen LogP contribution in [0.4, 0.5) is 0 Å². The van der Waals surface area contributed by atoms with Crippen LogP contribution in [0.3, 0.4) is 0 Å². The van der Waals surface area contributed by atoms with Crippen LogP contribution in [0.15, 0.2) is 53.4 Å². The van der Waals surface area contributed by atoms with Crippen LogP contribution in [0.1, 0.15) is 17.2 Å². The molecule has 0 aliphatic rings. The van der Waals surface area contributed by atoms with Crippen molar-refractivity contribution in [1.82, 2.24) is 4.72 Å². The summed E-state index contributed by atoms with van der Waals surface area (Å²) in [7, 11) is -4.11. The molecule has 6 nitrogen and oxygen atoms in total. The number of alkyl halides is 2. The van der Waals surface area contributed by atoms with Crippen LogP contribution in [0.2, 0.25) is 5.02 Å². The molecular weight excluding hydrogens is 411 g/mol. The zero-order valence-corrected chi connectivity index (χ0v) is 15.9. The molecular formula is C15H13Cl3N2O4S. The second-order valence-electron chi connectivity index (χ2n) is 5.26. The molecule has 0 spiro atoms. The van der Waals surface area contributed by atoms with Crippen molar-refractivity contribution in [2.45, 2.75) is 22.3 Å². The van der Waals surface area contributed by atoms with Crippen LogP contribution in [-0.2, 0) is 10.0 Å². The zero-order valence-electron chi connectivity index (χ0n) is 12.8. The van der Waals surface area contributed by atoms with E-state index in [1.54, 1.807) is 19.1 Å². The minimum absolute atomic E-state index is 0.0652. The first-order valence-electron chi connectivity index (χ1n) is 6.91. The average molecular weight is 424 g/mol. The van der Waals surface area contributed by atoms with E-state index in [1.165, 1.54) is 36.4 Å². The summed E-state index contributed by atoms with van der Waals surface area (Å²) in [5.41, 5.74) is 1.06. The van der Waals surface area contributed by atoms with Crippen LogP contribution >= 0.6 is 34.8 Å². The maximum absolute atomic E-state index is 12.6. The Labute approximate surface area is 159 Å². The Kier molecular flexibility index (Phi) is 5.96. The highest BCUT2D eigenvalue weighted by Crippen LogP contribution is 2.38. The number of hydrogen-bond acceptors (Lipinski definition) is 4. The fourth-order valence-electron chi connectivity index (χ4n) is 2.04. The monoisotopic (exact) mass is 422 g/mol. The van der Waals surface area contributed by atoms with Crippen molar-refractivity contribution in [2.24, 2.45) is 0 Å². The lowest BCUT2D eigenvalue weighted by atomic mass is 10.1. The minimum atomic E-state index is -4.11. The fourth-order valence-corrected chi connectivity index (χ4v) is 3.90. The van der Waals surface area contributed by atoms with Crippen molar-refractivity contribution < 1.29 is 13.3 Å². The van der Waals surface area contributed by atoms with Gasteiger partial charge in [0.05, 0.1) is 9.82 Å². The lowest BCUT2D eigenvalue weighted by molar-refractivity contribution is -0.520. The van der Waals surface area contributed by atoms with Gasteiger partial charge in [0, 0.05) is 5.02 Å². The van der Waals surface area contributed by atoms with Gasteiger partial charge in [0.1, 0.15) is 6.04 Å². The molecule has 2 aromatic rings. The molecule has 0 aliphatic carbocycles. The Hall–Kier alpha value is -1.38. The third-order valence-corrected chi connectivity index (χ3v) is 5.80. The third-order valence-electron chi connectivity index (χ3n) is 3.40. The van der Waals surface area contributed by atoms with Crippen molar-refractivity contribution >= 4 is 44.8 Å². The molecule has 0 bridgehead atoms. The van der Waals surface area contributed by atoms with Gasteiger partial charge in [-0.15, -0.1) is 0 Å². The SMILES string of the molecule is Cc1ccc(S(=O)(=O)N[C@@H](c2ccc(Cl)cc2)C(Cl)(Cl)[N+](=O)[O-])cc1. The van der Waals surface area contributed by atoms with Crippen molar-refractivity contribution in [2.75, 3.05) is 0 Å². The van der Waals surface area contributed by atoms with Crippen molar-refractivity contribution in [3.8, 4) is 0 Å². The zero-order chi connectivity index (χ0) is 18.8. The quantitative estimate of drug-likeness (QED) is 0.328. The summed E-state index contributed by atoms with van der Waals surface area (Å²) in [6, 6.07) is 10.2. The van der Waals surface area contributed by atoms with Crippen molar-refractivity contribution in [1.29, 1.82) is 0 Å². The highest BCUT2D eigenvalue weighted by Gasteiger charge is 2.50. The van der Waals surface area contributed by atoms with E-state index in [1.807, 2.05) is 0 Å². The Balaban J connectivity index is 2.47. The molecule has 0 saturated carbocycles. The smallest absolute Gasteiger partial charge is 0.261 e. The molecule has 2 aromatic carbocycles. The summed E-state index contributed by atoms with van der Waals surface area (Å²) in [4.78, 5) is 10.2. The number of benzene rings is 2. The predicted octanol–water partition coefficient (Wildman–Crippen LogP) is 4.08. The Morgan fingerprint density at radius 3 is 2.08 bits per heavy atom. The van der Waals surface area contributed by atoms with Gasteiger partial charge in [-0.2, -0.15) is 4.72 Å². The lowest BCUT2D eigenvalue weighted by Gasteiger charge is -2.24. The van der Waals surface area contributed by atoms with Crippen molar-refractivity contribution in [3.63, 3.8) is 0 Å². The summed E-state index contributed by atoms with van der Waals surface area (Å²) < 4.78 is 24.8. The normalized spacial score (nSPS) is 13.4. The van der Waals surface area contributed by atoms with Crippen molar-refractivity contribution in [3.05, 3.63) is 74.8 Å². The molecule has 0 aliphatic heterocycles. The standard InChI is InChI=1S/C15H13Cl3N2O4S/c1-10-2-8-13(9-3-10)25(23,24)19-14(15(17,18)20(21)22)11-4-6-12(16)7-5-11/h2-9,14,19H,1H3/t14-/m0/s1. The number of rotatable bonds is 6. The van der Waals surface area contributed by atoms with Gasteiger partial charge in [-0.05, 0) is 60.0 Å². The molecule has 0 radical (unpaired) electrons. The average Bonchev–Trinajstić information content (AvgIpc) is 2.54. The van der Waals surface area contributed by atoms with Gasteiger partial charge in [0.2, 0.25) is 10.0 Å². The highest BCUT2D eigenvalue weighted by molar-refractivity contribution is 7.89. The Morgan fingerprint density at radius 1 is 1.08 bits per heavy atom. The third kappa shape index (κ3) is 4.62. The van der Waals surface area contributed by atoms with E-state index in [2.05, 4.69) is 4.72 Å². The molecule has 10 heteroatoms. The number of nitrogens with one attached hydrogen (secondary N) is 1. The van der Waals surface area contributed by atoms with E-state index in [-0.39, 0.29) is 10.5 Å². The van der Waals surface area contributed by atoms with E-state index >= 15 is 0 Å². The number of nitrogens with zero attached hydrogens (tertiary/aromatic N) is 1. The number of nitro groups is 1. The second kappa shape index (κ2) is 7.47. The van der Waals surface area contributed by atoms with Gasteiger partial charge < -0.3 is 0 Å². The molecule has 1 N–H and O–H groups in total. The number of hydrogen-bond donors (Lipinski definition) is 1. The van der Waals surface area contributed by atoms with Gasteiger partial charge in [0.15, 0.2) is 0 Å². The van der Waals surface area contributed by atoms with Crippen LogP contribution in [0.25, 0.3) is 0 Å². The Morgan fingerprint density at radius 2 is 1.60 bits per heavy atom. The van der Waals surface area contributed by atoms with E-state index in [4.69, 9.17) is 34.8 Å². The summed E-state index contributed by atoms with van der Waals surface area (Å²) in [5, 5.41) is 11.6. The van der Waals surface area contributed by atoms with Crippen LogP contribution in [0, 0.1) is 17.0 Å². The molecule has 0 fully saturated rings. The van der Waals surface area contributed by atoms with Gasteiger partial charge in [-0.25, -0.2) is 8.42 Å². The minimum Gasteiger partial charge on any atom is -0.261 e. The van der Waals surface area contributed by atoms with Crippen LogP contribution in [0.5, 0.6) is 0 Å². The van der Waals surface area contributed by atoms with E-state index in [9.17, 15) is 18.5 Å². The first-order chi connectivity index (χ1) is 11.5. The predicted molar refractivity (Wildman–Crippen MR) is 97.1 cm³/mol. The topological polar surface area (TPSA) is 89.3 Å². The van der Waals surface area contributed by atoms with E-state index in [0.29, 0.717) is 5.02 Å². The first kappa shape index (κ1) is 19.9. The number of halogens is 3. The van der Waals surface area contributed by atoms with E-state index < -0.39 is 25.4 Å². The maximum atomic E-state index is 12.6. The summed E-state index contributed by atoms with van der Waals surface area (Å²) in [5.74, 6) is 0. The molecule has 0 amide bonds. The van der Waals surface area contributed by atoms with Gasteiger partial charge in [0.25, 0.3) is 0 Å². The van der Waals surface area contributed by atoms with Gasteiger partial charge >= 0.3 is 4.46 Å². The highest BCUT2D eigenvalue weighted by atomic mass is 35.5. The largest absolute Gasteiger partial charge is 0.390 e. The molecule has 0 unspecified atom stereocenters.